The lowest BCUT2D eigenvalue weighted by molar-refractivity contribution is -0.130. The highest BCUT2D eigenvalue weighted by Gasteiger charge is 2.33. The molecule has 10 heteroatoms. The van der Waals surface area contributed by atoms with Crippen molar-refractivity contribution in [2.24, 2.45) is 5.92 Å². The third kappa shape index (κ3) is 4.29. The molecular weight excluding hydrogens is 400 g/mol. The Morgan fingerprint density at radius 2 is 1.90 bits per heavy atom. The number of ether oxygens (including phenoxy) is 2. The van der Waals surface area contributed by atoms with Crippen LogP contribution in [0.4, 0.5) is 16.3 Å². The molecule has 1 fully saturated rings. The molecule has 3 amide bonds. The van der Waals surface area contributed by atoms with Gasteiger partial charge in [0.1, 0.15) is 5.82 Å². The number of rotatable bonds is 3. The fourth-order valence-corrected chi connectivity index (χ4v) is 3.36. The molecule has 31 heavy (non-hydrogen) atoms. The maximum Gasteiger partial charge on any atom is 0.324 e. The second kappa shape index (κ2) is 7.77. The summed E-state index contributed by atoms with van der Waals surface area (Å²) in [5, 5.41) is 16.6. The van der Waals surface area contributed by atoms with Gasteiger partial charge < -0.3 is 20.1 Å². The van der Waals surface area contributed by atoms with Crippen LogP contribution in [0.2, 0.25) is 0 Å². The summed E-state index contributed by atoms with van der Waals surface area (Å²) in [6.45, 7) is 10.1. The summed E-state index contributed by atoms with van der Waals surface area (Å²) in [7, 11) is 0. The van der Waals surface area contributed by atoms with Gasteiger partial charge in [0.25, 0.3) is 0 Å². The smallest absolute Gasteiger partial charge is 0.324 e. The van der Waals surface area contributed by atoms with E-state index in [0.29, 0.717) is 23.0 Å². The minimum absolute atomic E-state index is 0.0451. The van der Waals surface area contributed by atoms with Crippen LogP contribution in [-0.4, -0.2) is 34.6 Å². The molecule has 1 saturated heterocycles. The molecule has 166 valence electrons. The molecule has 4 rings (SSSR count). The number of hydrogen-bond donors (Lipinski definition) is 4. The van der Waals surface area contributed by atoms with E-state index in [9.17, 15) is 9.59 Å². The van der Waals surface area contributed by atoms with Crippen molar-refractivity contribution in [1.82, 2.24) is 20.4 Å². The summed E-state index contributed by atoms with van der Waals surface area (Å²) >= 11 is 0. The molecule has 2 aliphatic heterocycles. The Morgan fingerprint density at radius 1 is 1.16 bits per heavy atom. The van der Waals surface area contributed by atoms with Gasteiger partial charge in [0, 0.05) is 29.3 Å². The van der Waals surface area contributed by atoms with Gasteiger partial charge >= 0.3 is 6.03 Å². The van der Waals surface area contributed by atoms with Crippen molar-refractivity contribution in [3.05, 3.63) is 30.0 Å². The van der Waals surface area contributed by atoms with Crippen molar-refractivity contribution in [3.63, 3.8) is 0 Å². The zero-order valence-electron chi connectivity index (χ0n) is 18.3. The van der Waals surface area contributed by atoms with Gasteiger partial charge in [-0.1, -0.05) is 27.7 Å². The second-order valence-corrected chi connectivity index (χ2v) is 8.91. The topological polar surface area (TPSA) is 119 Å². The van der Waals surface area contributed by atoms with Crippen molar-refractivity contribution < 1.29 is 19.1 Å². The maximum absolute atomic E-state index is 12.7. The van der Waals surface area contributed by atoms with E-state index >= 15 is 0 Å². The standard InChI is InChI=1S/C21H28N6O4/c1-11-12(2)22-19(25-18(11)28)27-17(9-16(26-27)21(3,4)5)24-20(29)23-13-6-7-14-15(8-13)31-10-30-14/h6-9,11-12,19,22H,10H2,1-5H3,(H,25,28)(H2,23,24,29). The number of fused-ring (bicyclic) bond motifs is 1. The Morgan fingerprint density at radius 3 is 2.61 bits per heavy atom. The first-order valence-electron chi connectivity index (χ1n) is 10.3. The first-order valence-corrected chi connectivity index (χ1v) is 10.3. The number of aromatic nitrogens is 2. The molecular formula is C21H28N6O4. The number of urea groups is 1. The lowest BCUT2D eigenvalue weighted by atomic mass is 9.92. The largest absolute Gasteiger partial charge is 0.454 e. The first-order chi connectivity index (χ1) is 14.6. The first kappa shape index (κ1) is 21.0. The average molecular weight is 428 g/mol. The minimum Gasteiger partial charge on any atom is -0.454 e. The van der Waals surface area contributed by atoms with Crippen LogP contribution >= 0.6 is 0 Å². The zero-order chi connectivity index (χ0) is 22.3. The number of carbonyl (C=O) groups is 2. The maximum atomic E-state index is 12.7. The zero-order valence-corrected chi connectivity index (χ0v) is 18.3. The van der Waals surface area contributed by atoms with Crippen molar-refractivity contribution in [2.75, 3.05) is 17.4 Å². The summed E-state index contributed by atoms with van der Waals surface area (Å²) in [6, 6.07) is 6.50. The molecule has 0 spiro atoms. The molecule has 2 aliphatic rings. The molecule has 0 aliphatic carbocycles. The lowest BCUT2D eigenvalue weighted by Gasteiger charge is -2.34. The predicted octanol–water partition coefficient (Wildman–Crippen LogP) is 2.75. The van der Waals surface area contributed by atoms with Crippen LogP contribution in [0.1, 0.15) is 46.6 Å². The summed E-state index contributed by atoms with van der Waals surface area (Å²) < 4.78 is 12.2. The van der Waals surface area contributed by atoms with Crippen LogP contribution in [0.5, 0.6) is 11.5 Å². The van der Waals surface area contributed by atoms with Gasteiger partial charge in [0.15, 0.2) is 17.8 Å². The number of nitrogens with one attached hydrogen (secondary N) is 4. The number of hydrogen-bond acceptors (Lipinski definition) is 6. The monoisotopic (exact) mass is 428 g/mol. The number of benzene rings is 1. The number of carbonyl (C=O) groups excluding carboxylic acids is 2. The quantitative estimate of drug-likeness (QED) is 0.597. The molecule has 0 saturated carbocycles. The van der Waals surface area contributed by atoms with Gasteiger partial charge in [-0.2, -0.15) is 5.10 Å². The van der Waals surface area contributed by atoms with Gasteiger partial charge in [0.05, 0.1) is 11.6 Å². The molecule has 10 nitrogen and oxygen atoms in total. The van der Waals surface area contributed by atoms with Crippen molar-refractivity contribution >= 4 is 23.4 Å². The Labute approximate surface area is 180 Å². The van der Waals surface area contributed by atoms with E-state index in [0.717, 1.165) is 5.69 Å². The lowest BCUT2D eigenvalue weighted by Crippen LogP contribution is -2.57. The Hall–Kier alpha value is -3.27. The molecule has 3 atom stereocenters. The third-order valence-electron chi connectivity index (χ3n) is 5.48. The molecule has 0 bridgehead atoms. The Kier molecular flexibility index (Phi) is 5.26. The molecule has 0 radical (unpaired) electrons. The average Bonchev–Trinajstić information content (AvgIpc) is 3.32. The fraction of sp³-hybridized carbons (Fsp3) is 0.476. The number of amides is 3. The highest BCUT2D eigenvalue weighted by Crippen LogP contribution is 2.34. The fourth-order valence-electron chi connectivity index (χ4n) is 3.36. The molecule has 3 heterocycles. The van der Waals surface area contributed by atoms with E-state index in [1.807, 2.05) is 40.7 Å². The van der Waals surface area contributed by atoms with Crippen molar-refractivity contribution in [2.45, 2.75) is 52.4 Å². The summed E-state index contributed by atoms with van der Waals surface area (Å²) in [5.41, 5.74) is 1.11. The molecule has 1 aromatic carbocycles. The van der Waals surface area contributed by atoms with Crippen LogP contribution < -0.4 is 30.7 Å². The van der Waals surface area contributed by atoms with E-state index in [2.05, 4.69) is 26.4 Å². The van der Waals surface area contributed by atoms with Gasteiger partial charge in [-0.15, -0.1) is 0 Å². The van der Waals surface area contributed by atoms with Gasteiger partial charge in [-0.05, 0) is 19.1 Å². The third-order valence-corrected chi connectivity index (χ3v) is 5.48. The summed E-state index contributed by atoms with van der Waals surface area (Å²) in [4.78, 5) is 25.1. The second-order valence-electron chi connectivity index (χ2n) is 8.91. The predicted molar refractivity (Wildman–Crippen MR) is 115 cm³/mol. The highest BCUT2D eigenvalue weighted by molar-refractivity contribution is 5.99. The normalized spacial score (nSPS) is 22.7. The van der Waals surface area contributed by atoms with Crippen LogP contribution in [0, 0.1) is 5.92 Å². The van der Waals surface area contributed by atoms with Gasteiger partial charge in [-0.3, -0.25) is 15.4 Å². The number of nitrogens with zero attached hydrogens (tertiary/aromatic N) is 2. The summed E-state index contributed by atoms with van der Waals surface area (Å²) in [6.07, 6.45) is -0.573. The minimum atomic E-state index is -0.573. The highest BCUT2D eigenvalue weighted by atomic mass is 16.7. The van der Waals surface area contributed by atoms with E-state index in [4.69, 9.17) is 9.47 Å². The van der Waals surface area contributed by atoms with Crippen LogP contribution in [-0.2, 0) is 10.2 Å². The van der Waals surface area contributed by atoms with Gasteiger partial charge in [-0.25, -0.2) is 9.48 Å². The molecule has 2 aromatic rings. The van der Waals surface area contributed by atoms with Crippen LogP contribution in [0.25, 0.3) is 0 Å². The summed E-state index contributed by atoms with van der Waals surface area (Å²) in [5.74, 6) is 1.44. The van der Waals surface area contributed by atoms with Crippen LogP contribution in [0.3, 0.4) is 0 Å². The van der Waals surface area contributed by atoms with E-state index in [1.54, 1.807) is 22.9 Å². The molecule has 4 N–H and O–H groups in total. The van der Waals surface area contributed by atoms with Crippen molar-refractivity contribution in [1.29, 1.82) is 0 Å². The Balaban J connectivity index is 1.56. The SMILES string of the molecule is CC1NC(n2nc(C(C)(C)C)cc2NC(=O)Nc2ccc3c(c2)OCO3)NC(=O)C1C. The molecule has 3 unspecified atom stereocenters. The van der Waals surface area contributed by atoms with E-state index in [1.165, 1.54) is 0 Å². The number of anilines is 2. The molecule has 1 aromatic heterocycles. The Bertz CT molecular complexity index is 1010. The van der Waals surface area contributed by atoms with Crippen LogP contribution in [0.15, 0.2) is 24.3 Å². The van der Waals surface area contributed by atoms with E-state index < -0.39 is 12.3 Å². The van der Waals surface area contributed by atoms with Crippen molar-refractivity contribution in [3.8, 4) is 11.5 Å². The van der Waals surface area contributed by atoms with Gasteiger partial charge in [0.2, 0.25) is 12.7 Å². The van der Waals surface area contributed by atoms with E-state index in [-0.39, 0.29) is 30.1 Å².